The number of aliphatic carboxylic acids is 1. The normalized spacial score (nSPS) is 18.3. The summed E-state index contributed by atoms with van der Waals surface area (Å²) in [7, 11) is 0. The van der Waals surface area contributed by atoms with Crippen molar-refractivity contribution >= 4 is 18.4 Å². The van der Waals surface area contributed by atoms with Gasteiger partial charge in [-0.3, -0.25) is 0 Å². The summed E-state index contributed by atoms with van der Waals surface area (Å²) in [6, 6.07) is 7.39. The average molecular weight is 201 g/mol. The number of para-hydroxylation sites is 1. The van der Waals surface area contributed by atoms with Gasteiger partial charge in [0.15, 0.2) is 6.10 Å². The number of halogens is 1. The third-order valence-electron chi connectivity index (χ3n) is 1.92. The highest BCUT2D eigenvalue weighted by atomic mass is 35.5. The van der Waals surface area contributed by atoms with Crippen molar-refractivity contribution in [3.05, 3.63) is 29.8 Å². The van der Waals surface area contributed by atoms with Crippen LogP contribution in [-0.4, -0.2) is 17.2 Å². The molecule has 1 atom stereocenters. The van der Waals surface area contributed by atoms with Gasteiger partial charge in [-0.15, -0.1) is 12.4 Å². The average Bonchev–Trinajstić information content (AvgIpc) is 2.46. The zero-order valence-electron chi connectivity index (χ0n) is 6.77. The minimum Gasteiger partial charge on any atom is -0.478 e. The highest BCUT2D eigenvalue weighted by molar-refractivity contribution is 5.85. The summed E-state index contributed by atoms with van der Waals surface area (Å²) in [6.45, 7) is 0. The lowest BCUT2D eigenvalue weighted by atomic mass is 10.1. The molecule has 70 valence electrons. The molecule has 1 aromatic rings. The van der Waals surface area contributed by atoms with Crippen LogP contribution in [-0.2, 0) is 11.2 Å². The Morgan fingerprint density at radius 2 is 2.15 bits per heavy atom. The van der Waals surface area contributed by atoms with Crippen molar-refractivity contribution in [3.8, 4) is 5.75 Å². The predicted octanol–water partition coefficient (Wildman–Crippen LogP) is 1.50. The minimum atomic E-state index is -0.897. The Morgan fingerprint density at radius 3 is 2.77 bits per heavy atom. The molecule has 0 saturated heterocycles. The van der Waals surface area contributed by atoms with Gasteiger partial charge in [0.05, 0.1) is 0 Å². The van der Waals surface area contributed by atoms with Crippen molar-refractivity contribution in [2.45, 2.75) is 12.5 Å². The van der Waals surface area contributed by atoms with E-state index in [4.69, 9.17) is 9.84 Å². The standard InChI is InChI=1S/C9H8O3.ClH/c10-9(11)8-5-6-3-1-2-4-7(6)12-8;/h1-4,8H,5H2,(H,10,11);1H. The molecular weight excluding hydrogens is 192 g/mol. The van der Waals surface area contributed by atoms with Crippen LogP contribution < -0.4 is 4.74 Å². The molecule has 4 heteroatoms. The number of carbonyl (C=O) groups is 1. The van der Waals surface area contributed by atoms with Gasteiger partial charge in [-0.05, 0) is 11.6 Å². The first-order valence-electron chi connectivity index (χ1n) is 3.75. The number of carboxylic acids is 1. The first-order chi connectivity index (χ1) is 5.77. The predicted molar refractivity (Wildman–Crippen MR) is 49.4 cm³/mol. The van der Waals surface area contributed by atoms with Gasteiger partial charge < -0.3 is 9.84 Å². The highest BCUT2D eigenvalue weighted by Crippen LogP contribution is 2.27. The van der Waals surface area contributed by atoms with Crippen LogP contribution in [0.2, 0.25) is 0 Å². The van der Waals surface area contributed by atoms with Crippen molar-refractivity contribution in [2.24, 2.45) is 0 Å². The quantitative estimate of drug-likeness (QED) is 0.747. The molecule has 0 amide bonds. The first kappa shape index (κ1) is 9.86. The third-order valence-corrected chi connectivity index (χ3v) is 1.92. The molecule has 0 aliphatic carbocycles. The van der Waals surface area contributed by atoms with Gasteiger partial charge in [-0.25, -0.2) is 4.79 Å². The van der Waals surface area contributed by atoms with Crippen molar-refractivity contribution in [2.75, 3.05) is 0 Å². The van der Waals surface area contributed by atoms with E-state index in [1.54, 1.807) is 6.07 Å². The molecule has 1 unspecified atom stereocenters. The van der Waals surface area contributed by atoms with Crippen LogP contribution in [0.3, 0.4) is 0 Å². The minimum absolute atomic E-state index is 0. The Balaban J connectivity index is 0.000000845. The summed E-state index contributed by atoms with van der Waals surface area (Å²) in [6.07, 6.45) is -0.215. The molecule has 3 nitrogen and oxygen atoms in total. The maximum absolute atomic E-state index is 10.5. The van der Waals surface area contributed by atoms with Crippen LogP contribution in [0.4, 0.5) is 0 Å². The monoisotopic (exact) mass is 200 g/mol. The zero-order chi connectivity index (χ0) is 8.55. The highest BCUT2D eigenvalue weighted by Gasteiger charge is 2.27. The van der Waals surface area contributed by atoms with Gasteiger partial charge in [0.25, 0.3) is 0 Å². The van der Waals surface area contributed by atoms with Crippen LogP contribution in [0.15, 0.2) is 24.3 Å². The van der Waals surface area contributed by atoms with E-state index in [2.05, 4.69) is 0 Å². The number of ether oxygens (including phenoxy) is 1. The molecule has 0 bridgehead atoms. The Kier molecular flexibility index (Phi) is 2.78. The first-order valence-corrected chi connectivity index (χ1v) is 3.75. The van der Waals surface area contributed by atoms with Crippen LogP contribution >= 0.6 is 12.4 Å². The van der Waals surface area contributed by atoms with Gasteiger partial charge in [-0.1, -0.05) is 18.2 Å². The van der Waals surface area contributed by atoms with Crippen molar-refractivity contribution < 1.29 is 14.6 Å². The largest absolute Gasteiger partial charge is 0.478 e. The van der Waals surface area contributed by atoms with Gasteiger partial charge in [0.1, 0.15) is 5.75 Å². The number of carboxylic acid groups (broad SMARTS) is 1. The van der Waals surface area contributed by atoms with Crippen molar-refractivity contribution in [1.82, 2.24) is 0 Å². The maximum atomic E-state index is 10.5. The van der Waals surface area contributed by atoms with E-state index in [0.717, 1.165) is 5.56 Å². The van der Waals surface area contributed by atoms with Crippen LogP contribution in [0.5, 0.6) is 5.75 Å². The molecule has 1 aliphatic rings. The Morgan fingerprint density at radius 1 is 1.46 bits per heavy atom. The molecule has 1 aliphatic heterocycles. The second-order valence-electron chi connectivity index (χ2n) is 2.76. The number of benzene rings is 1. The fourth-order valence-electron chi connectivity index (χ4n) is 1.32. The number of hydrogen-bond donors (Lipinski definition) is 1. The second kappa shape index (κ2) is 3.66. The lowest BCUT2D eigenvalue weighted by Gasteiger charge is -2.02. The number of hydrogen-bond acceptors (Lipinski definition) is 2. The fourth-order valence-corrected chi connectivity index (χ4v) is 1.32. The number of fused-ring (bicyclic) bond motifs is 1. The second-order valence-corrected chi connectivity index (χ2v) is 2.76. The van der Waals surface area contributed by atoms with Crippen LogP contribution in [0.25, 0.3) is 0 Å². The Hall–Kier alpha value is -1.22. The maximum Gasteiger partial charge on any atom is 0.345 e. The molecule has 0 saturated carbocycles. The lowest BCUT2D eigenvalue weighted by molar-refractivity contribution is -0.144. The van der Waals surface area contributed by atoms with E-state index in [9.17, 15) is 4.79 Å². The summed E-state index contributed by atoms with van der Waals surface area (Å²) in [5.74, 6) is -0.198. The van der Waals surface area contributed by atoms with Gasteiger partial charge in [0.2, 0.25) is 0 Å². The van der Waals surface area contributed by atoms with E-state index in [0.29, 0.717) is 12.2 Å². The Labute approximate surface area is 81.7 Å². The fraction of sp³-hybridized carbons (Fsp3) is 0.222. The molecule has 0 aromatic heterocycles. The van der Waals surface area contributed by atoms with E-state index >= 15 is 0 Å². The van der Waals surface area contributed by atoms with Gasteiger partial charge in [0, 0.05) is 6.42 Å². The summed E-state index contributed by atoms with van der Waals surface area (Å²) in [5, 5.41) is 8.66. The molecule has 0 spiro atoms. The van der Waals surface area contributed by atoms with Crippen molar-refractivity contribution in [3.63, 3.8) is 0 Å². The van der Waals surface area contributed by atoms with E-state index in [-0.39, 0.29) is 12.4 Å². The van der Waals surface area contributed by atoms with Gasteiger partial charge in [-0.2, -0.15) is 0 Å². The molecule has 1 N–H and O–H groups in total. The lowest BCUT2D eigenvalue weighted by Crippen LogP contribution is -2.24. The van der Waals surface area contributed by atoms with Gasteiger partial charge >= 0.3 is 5.97 Å². The summed E-state index contributed by atoms with van der Waals surface area (Å²) in [5.41, 5.74) is 0.977. The summed E-state index contributed by atoms with van der Waals surface area (Å²) < 4.78 is 5.17. The topological polar surface area (TPSA) is 46.5 Å². The molecule has 13 heavy (non-hydrogen) atoms. The molecule has 2 rings (SSSR count). The molecular formula is C9H9ClO3. The summed E-state index contributed by atoms with van der Waals surface area (Å²) in [4.78, 5) is 10.5. The van der Waals surface area contributed by atoms with Crippen LogP contribution in [0, 0.1) is 0 Å². The van der Waals surface area contributed by atoms with Crippen molar-refractivity contribution in [1.29, 1.82) is 0 Å². The Bertz CT molecular complexity index is 299. The SMILES string of the molecule is Cl.O=C(O)C1Cc2ccccc2O1. The third kappa shape index (κ3) is 1.75. The number of rotatable bonds is 1. The molecule has 1 aromatic carbocycles. The van der Waals surface area contributed by atoms with Crippen LogP contribution in [0.1, 0.15) is 5.56 Å². The molecule has 1 heterocycles. The molecule has 0 radical (unpaired) electrons. The summed E-state index contributed by atoms with van der Waals surface area (Å²) >= 11 is 0. The van der Waals surface area contributed by atoms with E-state index < -0.39 is 12.1 Å². The zero-order valence-corrected chi connectivity index (χ0v) is 7.58. The smallest absolute Gasteiger partial charge is 0.345 e. The van der Waals surface area contributed by atoms with E-state index in [1.165, 1.54) is 0 Å². The van der Waals surface area contributed by atoms with E-state index in [1.807, 2.05) is 18.2 Å². The molecule has 0 fully saturated rings.